The van der Waals surface area contributed by atoms with Gasteiger partial charge in [0.1, 0.15) is 6.61 Å². The van der Waals surface area contributed by atoms with Crippen LogP contribution < -0.4 is 5.32 Å². The van der Waals surface area contributed by atoms with Gasteiger partial charge in [0.15, 0.2) is 0 Å². The fourth-order valence-electron chi connectivity index (χ4n) is 1.08. The maximum atomic E-state index is 11.3. The van der Waals surface area contributed by atoms with Gasteiger partial charge in [0, 0.05) is 5.33 Å². The SMILES string of the molecule is C=C[C@H](CBr)NC(=O)OCc1ccccc1. The maximum Gasteiger partial charge on any atom is 0.407 e. The molecule has 4 heteroatoms. The highest BCUT2D eigenvalue weighted by Crippen LogP contribution is 2.01. The average Bonchev–Trinajstić information content (AvgIpc) is 2.34. The zero-order chi connectivity index (χ0) is 11.8. The molecule has 1 aromatic rings. The lowest BCUT2D eigenvalue weighted by atomic mass is 10.2. The zero-order valence-corrected chi connectivity index (χ0v) is 10.4. The summed E-state index contributed by atoms with van der Waals surface area (Å²) >= 11 is 3.26. The van der Waals surface area contributed by atoms with Crippen LogP contribution in [0.1, 0.15) is 5.56 Å². The molecule has 0 fully saturated rings. The molecular weight excluding hydrogens is 270 g/mol. The molecule has 0 radical (unpaired) electrons. The quantitative estimate of drug-likeness (QED) is 0.667. The Bertz CT molecular complexity index is 340. The molecule has 0 unspecified atom stereocenters. The second-order valence-electron chi connectivity index (χ2n) is 3.20. The zero-order valence-electron chi connectivity index (χ0n) is 8.86. The fourth-order valence-corrected chi connectivity index (χ4v) is 1.50. The van der Waals surface area contributed by atoms with Gasteiger partial charge in [-0.2, -0.15) is 0 Å². The third-order valence-corrected chi connectivity index (χ3v) is 2.66. The van der Waals surface area contributed by atoms with Gasteiger partial charge >= 0.3 is 6.09 Å². The summed E-state index contributed by atoms with van der Waals surface area (Å²) in [5.74, 6) is 0. The van der Waals surface area contributed by atoms with E-state index in [1.807, 2.05) is 30.3 Å². The average molecular weight is 284 g/mol. The van der Waals surface area contributed by atoms with Gasteiger partial charge in [0.2, 0.25) is 0 Å². The van der Waals surface area contributed by atoms with E-state index in [1.54, 1.807) is 6.08 Å². The molecule has 0 aliphatic heterocycles. The Hall–Kier alpha value is -1.29. The Labute approximate surface area is 104 Å². The van der Waals surface area contributed by atoms with Crippen LogP contribution in [-0.4, -0.2) is 17.5 Å². The number of halogens is 1. The molecule has 0 aromatic heterocycles. The molecule has 1 N–H and O–H groups in total. The Morgan fingerprint density at radius 3 is 2.75 bits per heavy atom. The van der Waals surface area contributed by atoms with Crippen molar-refractivity contribution in [3.05, 3.63) is 48.6 Å². The molecule has 0 saturated carbocycles. The van der Waals surface area contributed by atoms with Crippen LogP contribution in [0.5, 0.6) is 0 Å². The van der Waals surface area contributed by atoms with Gasteiger partial charge in [-0.25, -0.2) is 4.79 Å². The monoisotopic (exact) mass is 283 g/mol. The van der Waals surface area contributed by atoms with Crippen molar-refractivity contribution in [3.63, 3.8) is 0 Å². The third kappa shape index (κ3) is 4.49. The molecule has 1 aromatic carbocycles. The molecule has 1 rings (SSSR count). The van der Waals surface area contributed by atoms with E-state index >= 15 is 0 Å². The number of rotatable bonds is 5. The van der Waals surface area contributed by atoms with E-state index in [-0.39, 0.29) is 12.6 Å². The van der Waals surface area contributed by atoms with Crippen molar-refractivity contribution >= 4 is 22.0 Å². The molecule has 0 saturated heterocycles. The minimum Gasteiger partial charge on any atom is -0.445 e. The molecule has 1 atom stereocenters. The Balaban J connectivity index is 2.33. The summed E-state index contributed by atoms with van der Waals surface area (Å²) in [6.07, 6.45) is 1.21. The van der Waals surface area contributed by atoms with Crippen LogP contribution in [0.2, 0.25) is 0 Å². The van der Waals surface area contributed by atoms with Crippen molar-refractivity contribution in [1.29, 1.82) is 0 Å². The van der Waals surface area contributed by atoms with Crippen molar-refractivity contribution in [3.8, 4) is 0 Å². The van der Waals surface area contributed by atoms with Crippen LogP contribution in [0.25, 0.3) is 0 Å². The topological polar surface area (TPSA) is 38.3 Å². The van der Waals surface area contributed by atoms with E-state index in [1.165, 1.54) is 0 Å². The number of ether oxygens (including phenoxy) is 1. The summed E-state index contributed by atoms with van der Waals surface area (Å²) in [6, 6.07) is 9.43. The molecule has 1 amide bonds. The summed E-state index contributed by atoms with van der Waals surface area (Å²) < 4.78 is 5.04. The van der Waals surface area contributed by atoms with Crippen molar-refractivity contribution in [1.82, 2.24) is 5.32 Å². The van der Waals surface area contributed by atoms with E-state index in [0.29, 0.717) is 5.33 Å². The first kappa shape index (κ1) is 12.8. The van der Waals surface area contributed by atoms with Gasteiger partial charge in [-0.15, -0.1) is 6.58 Å². The molecule has 3 nitrogen and oxygen atoms in total. The smallest absolute Gasteiger partial charge is 0.407 e. The molecule has 0 heterocycles. The van der Waals surface area contributed by atoms with Gasteiger partial charge in [-0.05, 0) is 5.56 Å². The third-order valence-electron chi connectivity index (χ3n) is 1.97. The van der Waals surface area contributed by atoms with Crippen molar-refractivity contribution in [2.75, 3.05) is 5.33 Å². The van der Waals surface area contributed by atoms with Gasteiger partial charge in [0.25, 0.3) is 0 Å². The first-order valence-electron chi connectivity index (χ1n) is 4.92. The fraction of sp³-hybridized carbons (Fsp3) is 0.250. The summed E-state index contributed by atoms with van der Waals surface area (Å²) in [5.41, 5.74) is 0.964. The summed E-state index contributed by atoms with van der Waals surface area (Å²) in [4.78, 5) is 11.3. The lowest BCUT2D eigenvalue weighted by Gasteiger charge is -2.11. The predicted octanol–water partition coefficient (Wildman–Crippen LogP) is 2.86. The molecule has 86 valence electrons. The Morgan fingerprint density at radius 1 is 1.50 bits per heavy atom. The van der Waals surface area contributed by atoms with E-state index in [0.717, 1.165) is 5.56 Å². The normalized spacial score (nSPS) is 11.6. The lowest BCUT2D eigenvalue weighted by molar-refractivity contribution is 0.138. The minimum atomic E-state index is -0.437. The Kier molecular flexibility index (Phi) is 5.64. The minimum absolute atomic E-state index is 0.108. The van der Waals surface area contributed by atoms with E-state index in [9.17, 15) is 4.79 Å². The van der Waals surface area contributed by atoms with Crippen LogP contribution in [-0.2, 0) is 11.3 Å². The summed E-state index contributed by atoms with van der Waals surface area (Å²) in [7, 11) is 0. The number of nitrogens with one attached hydrogen (secondary N) is 1. The van der Waals surface area contributed by atoms with Gasteiger partial charge in [-0.3, -0.25) is 0 Å². The van der Waals surface area contributed by atoms with Gasteiger partial charge in [0.05, 0.1) is 6.04 Å². The van der Waals surface area contributed by atoms with Crippen LogP contribution in [0.3, 0.4) is 0 Å². The second kappa shape index (κ2) is 7.06. The summed E-state index contributed by atoms with van der Waals surface area (Å²) in [6.45, 7) is 3.88. The highest BCUT2D eigenvalue weighted by molar-refractivity contribution is 9.09. The van der Waals surface area contributed by atoms with Crippen LogP contribution in [0, 0.1) is 0 Å². The predicted molar refractivity (Wildman–Crippen MR) is 67.5 cm³/mol. The molecule has 0 aliphatic carbocycles. The number of amides is 1. The number of hydrogen-bond donors (Lipinski definition) is 1. The maximum absolute atomic E-state index is 11.3. The molecule has 0 spiro atoms. The van der Waals surface area contributed by atoms with E-state index in [4.69, 9.17) is 4.74 Å². The first-order valence-corrected chi connectivity index (χ1v) is 6.04. The highest BCUT2D eigenvalue weighted by atomic mass is 79.9. The van der Waals surface area contributed by atoms with Crippen molar-refractivity contribution < 1.29 is 9.53 Å². The van der Waals surface area contributed by atoms with E-state index in [2.05, 4.69) is 27.8 Å². The molecule has 0 bridgehead atoms. The van der Waals surface area contributed by atoms with E-state index < -0.39 is 6.09 Å². The number of carbonyl (C=O) groups excluding carboxylic acids is 1. The lowest BCUT2D eigenvalue weighted by Crippen LogP contribution is -2.34. The second-order valence-corrected chi connectivity index (χ2v) is 3.85. The van der Waals surface area contributed by atoms with Crippen LogP contribution in [0.4, 0.5) is 4.79 Å². The molecular formula is C12H14BrNO2. The molecule has 16 heavy (non-hydrogen) atoms. The number of alkyl carbamates (subject to hydrolysis) is 1. The number of hydrogen-bond acceptors (Lipinski definition) is 2. The number of benzene rings is 1. The number of alkyl halides is 1. The first-order chi connectivity index (χ1) is 7.76. The number of carbonyl (C=O) groups is 1. The van der Waals surface area contributed by atoms with Crippen LogP contribution >= 0.6 is 15.9 Å². The Morgan fingerprint density at radius 2 is 2.19 bits per heavy atom. The summed E-state index contributed by atoms with van der Waals surface area (Å²) in [5, 5.41) is 3.28. The van der Waals surface area contributed by atoms with Crippen molar-refractivity contribution in [2.24, 2.45) is 0 Å². The standard InChI is InChI=1S/C12H14BrNO2/c1-2-11(8-13)14-12(15)16-9-10-6-4-3-5-7-10/h2-7,11H,1,8-9H2,(H,14,15)/t11-/m1/s1. The largest absolute Gasteiger partial charge is 0.445 e. The van der Waals surface area contributed by atoms with Crippen molar-refractivity contribution in [2.45, 2.75) is 12.6 Å². The molecule has 0 aliphatic rings. The van der Waals surface area contributed by atoms with Crippen LogP contribution in [0.15, 0.2) is 43.0 Å². The highest BCUT2D eigenvalue weighted by Gasteiger charge is 2.07. The van der Waals surface area contributed by atoms with Gasteiger partial charge in [-0.1, -0.05) is 52.3 Å². The van der Waals surface area contributed by atoms with Gasteiger partial charge < -0.3 is 10.1 Å².